The molecule has 2 fully saturated rings. The number of carbonyl (C=O) groups excluding carboxylic acids is 4. The van der Waals surface area contributed by atoms with Gasteiger partial charge in [0, 0.05) is 23.2 Å². The van der Waals surface area contributed by atoms with Crippen molar-refractivity contribution in [3.8, 4) is 11.1 Å². The van der Waals surface area contributed by atoms with E-state index in [0.29, 0.717) is 23.2 Å². The highest BCUT2D eigenvalue weighted by Crippen LogP contribution is 2.50. The summed E-state index contributed by atoms with van der Waals surface area (Å²) in [5, 5.41) is 5.72. The van der Waals surface area contributed by atoms with Crippen molar-refractivity contribution in [3.05, 3.63) is 102 Å². The smallest absolute Gasteiger partial charge is 0.317 e. The van der Waals surface area contributed by atoms with Crippen LogP contribution in [0.1, 0.15) is 34.3 Å². The summed E-state index contributed by atoms with van der Waals surface area (Å²) in [5.41, 5.74) is 4.26. The molecule has 5 unspecified atom stereocenters. The minimum atomic E-state index is -0.835. The topological polar surface area (TPSA) is 95.6 Å². The molecule has 2 N–H and O–H groups in total. The maximum absolute atomic E-state index is 13.6. The van der Waals surface area contributed by atoms with E-state index in [9.17, 15) is 19.2 Å². The monoisotopic (exact) mass is 517 g/mol. The number of rotatable bonds is 5. The number of allylic oxidation sites excluding steroid dienone is 2. The molecule has 2 bridgehead atoms. The van der Waals surface area contributed by atoms with Crippen LogP contribution < -0.4 is 10.6 Å². The molecule has 3 aromatic rings. The second-order valence-electron chi connectivity index (χ2n) is 10.8. The Morgan fingerprint density at radius 1 is 0.769 bits per heavy atom. The van der Waals surface area contributed by atoms with E-state index in [1.807, 2.05) is 54.6 Å². The minimum Gasteiger partial charge on any atom is -0.317 e. The minimum absolute atomic E-state index is 0.0701. The van der Waals surface area contributed by atoms with Crippen molar-refractivity contribution in [3.63, 3.8) is 0 Å². The first-order valence-corrected chi connectivity index (χ1v) is 13.4. The highest BCUT2D eigenvalue weighted by molar-refractivity contribution is 6.22. The van der Waals surface area contributed by atoms with E-state index in [1.165, 1.54) is 4.90 Å². The predicted molar refractivity (Wildman–Crippen MR) is 146 cm³/mol. The van der Waals surface area contributed by atoms with Crippen LogP contribution in [0.2, 0.25) is 0 Å². The number of imide groups is 1. The summed E-state index contributed by atoms with van der Waals surface area (Å²) in [6, 6.07) is 21.7. The Balaban J connectivity index is 1.14. The lowest BCUT2D eigenvalue weighted by atomic mass is 9.63. The second-order valence-corrected chi connectivity index (χ2v) is 10.8. The Kier molecular flexibility index (Phi) is 5.47. The molecule has 39 heavy (non-hydrogen) atoms. The van der Waals surface area contributed by atoms with Gasteiger partial charge in [-0.25, -0.2) is 4.79 Å². The van der Waals surface area contributed by atoms with Crippen LogP contribution in [0.25, 0.3) is 11.1 Å². The molecule has 1 aliphatic heterocycles. The Morgan fingerprint density at radius 3 is 2.05 bits per heavy atom. The molecule has 4 amide bonds. The maximum atomic E-state index is 13.6. The van der Waals surface area contributed by atoms with Crippen LogP contribution >= 0.6 is 0 Å². The third-order valence-corrected chi connectivity index (χ3v) is 8.66. The number of hydrogen-bond acceptors (Lipinski definition) is 4. The molecule has 1 heterocycles. The first-order chi connectivity index (χ1) is 19.0. The second kappa shape index (κ2) is 9.05. The first kappa shape index (κ1) is 23.6. The maximum Gasteiger partial charge on any atom is 0.320 e. The number of anilines is 1. The molecule has 8 rings (SSSR count). The lowest BCUT2D eigenvalue weighted by Crippen LogP contribution is -2.53. The number of amides is 4. The molecule has 0 radical (unpaired) electrons. The van der Waals surface area contributed by atoms with Crippen LogP contribution in [0.5, 0.6) is 0 Å². The van der Waals surface area contributed by atoms with E-state index in [2.05, 4.69) is 22.8 Å². The molecule has 4 aliphatic carbocycles. The number of urea groups is 1. The number of fused-ring (bicyclic) bond motifs is 4. The van der Waals surface area contributed by atoms with Crippen molar-refractivity contribution in [2.75, 3.05) is 5.32 Å². The molecular formula is C32H27N3O4. The van der Waals surface area contributed by atoms with E-state index in [-0.39, 0.29) is 41.3 Å². The standard InChI is InChI=1S/C32H27N3O4/c36-29-24-9-5-4-8-22(24)23-15-14-21(17-25(23)29)33-32(39)34-26(16-18-6-2-1-3-7-18)35-30(37)27-19-10-11-20(13-12-19)28(27)31(35)38/h1-11,14-15,17,19-20,26-28H,12-13,16H2,(H2,33,34,39). The molecule has 1 saturated heterocycles. The van der Waals surface area contributed by atoms with E-state index in [4.69, 9.17) is 0 Å². The van der Waals surface area contributed by atoms with Gasteiger partial charge in [0.2, 0.25) is 11.8 Å². The lowest BCUT2D eigenvalue weighted by Gasteiger charge is -2.38. The van der Waals surface area contributed by atoms with Crippen LogP contribution in [-0.4, -0.2) is 34.7 Å². The van der Waals surface area contributed by atoms with Crippen LogP contribution in [0, 0.1) is 23.7 Å². The summed E-state index contributed by atoms with van der Waals surface area (Å²) >= 11 is 0. The van der Waals surface area contributed by atoms with E-state index in [0.717, 1.165) is 29.5 Å². The van der Waals surface area contributed by atoms with Gasteiger partial charge in [-0.15, -0.1) is 0 Å². The van der Waals surface area contributed by atoms with Crippen molar-refractivity contribution >= 4 is 29.3 Å². The van der Waals surface area contributed by atoms with Crippen LogP contribution in [0.4, 0.5) is 10.5 Å². The number of nitrogens with zero attached hydrogens (tertiary/aromatic N) is 1. The molecule has 7 heteroatoms. The molecule has 0 aromatic heterocycles. The highest BCUT2D eigenvalue weighted by Gasteiger charge is 2.58. The van der Waals surface area contributed by atoms with Gasteiger partial charge in [0.15, 0.2) is 5.78 Å². The quantitative estimate of drug-likeness (QED) is 0.294. The van der Waals surface area contributed by atoms with Crippen molar-refractivity contribution in [2.24, 2.45) is 23.7 Å². The number of benzene rings is 3. The molecular weight excluding hydrogens is 490 g/mol. The van der Waals surface area contributed by atoms with E-state index >= 15 is 0 Å². The van der Waals surface area contributed by atoms with Crippen molar-refractivity contribution in [2.45, 2.75) is 25.4 Å². The summed E-state index contributed by atoms with van der Waals surface area (Å²) in [6.07, 6.45) is 5.46. The van der Waals surface area contributed by atoms with E-state index < -0.39 is 12.2 Å². The number of ketones is 1. The van der Waals surface area contributed by atoms with Gasteiger partial charge in [-0.2, -0.15) is 0 Å². The molecule has 3 aromatic carbocycles. The fourth-order valence-electron chi connectivity index (χ4n) is 6.87. The number of nitrogens with one attached hydrogen (secondary N) is 2. The lowest BCUT2D eigenvalue weighted by molar-refractivity contribution is -0.143. The first-order valence-electron chi connectivity index (χ1n) is 13.4. The average Bonchev–Trinajstić information content (AvgIpc) is 3.41. The van der Waals surface area contributed by atoms with Gasteiger partial charge in [-0.3, -0.25) is 19.3 Å². The van der Waals surface area contributed by atoms with Crippen molar-refractivity contribution < 1.29 is 19.2 Å². The van der Waals surface area contributed by atoms with Gasteiger partial charge in [0.05, 0.1) is 11.8 Å². The van der Waals surface area contributed by atoms with Gasteiger partial charge in [-0.1, -0.05) is 72.8 Å². The fraction of sp³-hybridized carbons (Fsp3) is 0.250. The number of likely N-dealkylation sites (tertiary alicyclic amines) is 1. The largest absolute Gasteiger partial charge is 0.320 e. The van der Waals surface area contributed by atoms with Gasteiger partial charge in [0.25, 0.3) is 0 Å². The molecule has 5 atom stereocenters. The molecule has 7 nitrogen and oxygen atoms in total. The predicted octanol–water partition coefficient (Wildman–Crippen LogP) is 4.79. The summed E-state index contributed by atoms with van der Waals surface area (Å²) in [7, 11) is 0. The zero-order chi connectivity index (χ0) is 26.7. The van der Waals surface area contributed by atoms with Gasteiger partial charge < -0.3 is 10.6 Å². The Labute approximate surface area is 225 Å². The third-order valence-electron chi connectivity index (χ3n) is 8.66. The van der Waals surface area contributed by atoms with Crippen molar-refractivity contribution in [1.29, 1.82) is 0 Å². The summed E-state index contributed by atoms with van der Waals surface area (Å²) < 4.78 is 0. The molecule has 1 saturated carbocycles. The third kappa shape index (κ3) is 3.80. The van der Waals surface area contributed by atoms with Crippen LogP contribution in [0.3, 0.4) is 0 Å². The van der Waals surface area contributed by atoms with Gasteiger partial charge in [0.1, 0.15) is 6.17 Å². The highest BCUT2D eigenvalue weighted by atomic mass is 16.2. The van der Waals surface area contributed by atoms with Crippen molar-refractivity contribution in [1.82, 2.24) is 10.2 Å². The summed E-state index contributed by atoms with van der Waals surface area (Å²) in [5.74, 6) is -1.05. The summed E-state index contributed by atoms with van der Waals surface area (Å²) in [6.45, 7) is 0. The molecule has 5 aliphatic rings. The summed E-state index contributed by atoms with van der Waals surface area (Å²) in [4.78, 5) is 54.8. The van der Waals surface area contributed by atoms with Gasteiger partial charge >= 0.3 is 6.03 Å². The number of hydrogen-bond donors (Lipinski definition) is 2. The molecule has 194 valence electrons. The van der Waals surface area contributed by atoms with Crippen LogP contribution in [0.15, 0.2) is 84.9 Å². The zero-order valence-electron chi connectivity index (χ0n) is 21.2. The molecule has 0 spiro atoms. The Bertz CT molecular complexity index is 1530. The average molecular weight is 518 g/mol. The normalized spacial score (nSPS) is 24.8. The number of carbonyl (C=O) groups is 4. The SMILES string of the molecule is O=C(Nc1ccc2c(c1)C(=O)c1ccccc1-2)NC(Cc1ccccc1)N1C(=O)C2C3C=CC(CC3)C2C1=O. The van der Waals surface area contributed by atoms with E-state index in [1.54, 1.807) is 18.2 Å². The Hall–Kier alpha value is -4.52. The zero-order valence-corrected chi connectivity index (χ0v) is 21.2. The Morgan fingerprint density at radius 2 is 1.38 bits per heavy atom. The van der Waals surface area contributed by atoms with Crippen LogP contribution in [-0.2, 0) is 16.0 Å². The van der Waals surface area contributed by atoms with Gasteiger partial charge in [-0.05, 0) is 53.5 Å². The fourth-order valence-corrected chi connectivity index (χ4v) is 6.87.